The second kappa shape index (κ2) is 10.3. The molecule has 1 heterocycles. The predicted molar refractivity (Wildman–Crippen MR) is 121 cm³/mol. The zero-order chi connectivity index (χ0) is 22.4. The summed E-state index contributed by atoms with van der Waals surface area (Å²) in [5.41, 5.74) is 1.39. The van der Waals surface area contributed by atoms with Crippen molar-refractivity contribution in [3.8, 4) is 5.75 Å². The first-order valence-corrected chi connectivity index (χ1v) is 12.0. The normalized spacial score (nSPS) is 16.1. The molecule has 0 aromatic heterocycles. The number of benzene rings is 2. The van der Waals surface area contributed by atoms with Gasteiger partial charge >= 0.3 is 0 Å². The van der Waals surface area contributed by atoms with Gasteiger partial charge in [0, 0.05) is 25.2 Å². The van der Waals surface area contributed by atoms with Crippen molar-refractivity contribution in [1.82, 2.24) is 14.5 Å². The smallest absolute Gasteiger partial charge is 0.251 e. The summed E-state index contributed by atoms with van der Waals surface area (Å²) in [6.45, 7) is 1.46. The van der Waals surface area contributed by atoms with Crippen LogP contribution in [0.4, 0.5) is 0 Å². The first kappa shape index (κ1) is 23.2. The van der Waals surface area contributed by atoms with Gasteiger partial charge in [0.1, 0.15) is 5.75 Å². The number of amides is 1. The van der Waals surface area contributed by atoms with Crippen LogP contribution in [-0.4, -0.2) is 64.4 Å². The number of nitrogens with one attached hydrogen (secondary N) is 1. The lowest BCUT2D eigenvalue weighted by Gasteiger charge is -2.26. The molecule has 1 atom stereocenters. The predicted octanol–water partition coefficient (Wildman–Crippen LogP) is 2.90. The number of sulfonamides is 1. The van der Waals surface area contributed by atoms with E-state index < -0.39 is 10.0 Å². The summed E-state index contributed by atoms with van der Waals surface area (Å²) in [7, 11) is 1.95. The second-order valence-corrected chi connectivity index (χ2v) is 9.89. The molecule has 0 saturated carbocycles. The highest BCUT2D eigenvalue weighted by atomic mass is 32.2. The minimum atomic E-state index is -3.58. The SMILES string of the molecule is COc1ccc(C(CNC(=O)c2cccc(S(=O)(=O)N3CCCCC3)c2)N(C)C)cc1. The molecular weight excluding hydrogens is 414 g/mol. The van der Waals surface area contributed by atoms with Crippen LogP contribution < -0.4 is 10.1 Å². The Morgan fingerprint density at radius 3 is 2.39 bits per heavy atom. The van der Waals surface area contributed by atoms with Gasteiger partial charge in [0.25, 0.3) is 5.91 Å². The van der Waals surface area contributed by atoms with Crippen molar-refractivity contribution in [2.75, 3.05) is 40.8 Å². The molecule has 1 saturated heterocycles. The lowest BCUT2D eigenvalue weighted by Crippen LogP contribution is -2.36. The Bertz CT molecular complexity index is 984. The summed E-state index contributed by atoms with van der Waals surface area (Å²) in [4.78, 5) is 15.0. The van der Waals surface area contributed by atoms with Crippen molar-refractivity contribution in [3.05, 3.63) is 59.7 Å². The van der Waals surface area contributed by atoms with Crippen molar-refractivity contribution in [1.29, 1.82) is 0 Å². The lowest BCUT2D eigenvalue weighted by atomic mass is 10.1. The number of ether oxygens (including phenoxy) is 1. The van der Waals surface area contributed by atoms with Crippen LogP contribution in [-0.2, 0) is 10.0 Å². The van der Waals surface area contributed by atoms with Crippen molar-refractivity contribution in [2.24, 2.45) is 0 Å². The van der Waals surface area contributed by atoms with E-state index in [1.54, 1.807) is 25.3 Å². The maximum atomic E-state index is 12.9. The summed E-state index contributed by atoms with van der Waals surface area (Å²) in [6.07, 6.45) is 2.79. The van der Waals surface area contributed by atoms with E-state index >= 15 is 0 Å². The Kier molecular flexibility index (Phi) is 7.69. The number of nitrogens with zero attached hydrogens (tertiary/aromatic N) is 2. The third-order valence-corrected chi connectivity index (χ3v) is 7.52. The van der Waals surface area contributed by atoms with Crippen LogP contribution in [0, 0.1) is 0 Å². The first-order valence-electron chi connectivity index (χ1n) is 10.5. The molecule has 2 aromatic carbocycles. The summed E-state index contributed by atoms with van der Waals surface area (Å²) in [6, 6.07) is 14.0. The maximum Gasteiger partial charge on any atom is 0.251 e. The molecule has 31 heavy (non-hydrogen) atoms. The highest BCUT2D eigenvalue weighted by Gasteiger charge is 2.26. The van der Waals surface area contributed by atoms with E-state index in [0.717, 1.165) is 30.6 Å². The molecule has 0 bridgehead atoms. The zero-order valence-corrected chi connectivity index (χ0v) is 19.2. The summed E-state index contributed by atoms with van der Waals surface area (Å²) < 4.78 is 32.6. The van der Waals surface area contributed by atoms with E-state index in [9.17, 15) is 13.2 Å². The minimum Gasteiger partial charge on any atom is -0.497 e. The van der Waals surface area contributed by atoms with Crippen LogP contribution in [0.3, 0.4) is 0 Å². The molecule has 0 aliphatic carbocycles. The standard InChI is InChI=1S/C23H31N3O4S/c1-25(2)22(18-10-12-20(30-3)13-11-18)17-24-23(27)19-8-7-9-21(16-19)31(28,29)26-14-5-4-6-15-26/h7-13,16,22H,4-6,14-15,17H2,1-3H3,(H,24,27). The van der Waals surface area contributed by atoms with Crippen LogP contribution in [0.2, 0.25) is 0 Å². The molecule has 0 radical (unpaired) electrons. The van der Waals surface area contributed by atoms with Gasteiger partial charge in [-0.3, -0.25) is 4.79 Å². The lowest BCUT2D eigenvalue weighted by molar-refractivity contribution is 0.0941. The van der Waals surface area contributed by atoms with Crippen molar-refractivity contribution in [3.63, 3.8) is 0 Å². The van der Waals surface area contributed by atoms with Gasteiger partial charge in [-0.25, -0.2) is 8.42 Å². The Balaban J connectivity index is 1.71. The molecule has 1 aliphatic heterocycles. The Labute approximate surface area is 185 Å². The van der Waals surface area contributed by atoms with Crippen LogP contribution in [0.25, 0.3) is 0 Å². The first-order chi connectivity index (χ1) is 14.8. The van der Waals surface area contributed by atoms with E-state index in [2.05, 4.69) is 5.32 Å². The van der Waals surface area contributed by atoms with Crippen LogP contribution in [0.1, 0.15) is 41.2 Å². The van der Waals surface area contributed by atoms with E-state index in [1.807, 2.05) is 43.3 Å². The number of carbonyl (C=O) groups excluding carboxylic acids is 1. The number of methoxy groups -OCH3 is 1. The fraction of sp³-hybridized carbons (Fsp3) is 0.435. The molecule has 2 aromatic rings. The molecule has 0 spiro atoms. The summed E-state index contributed by atoms with van der Waals surface area (Å²) in [5.74, 6) is 0.480. The Morgan fingerprint density at radius 1 is 1.10 bits per heavy atom. The molecule has 1 fully saturated rings. The molecule has 1 aliphatic rings. The monoisotopic (exact) mass is 445 g/mol. The highest BCUT2D eigenvalue weighted by Crippen LogP contribution is 2.23. The molecule has 1 amide bonds. The van der Waals surface area contributed by atoms with Crippen LogP contribution >= 0.6 is 0 Å². The maximum absolute atomic E-state index is 12.9. The van der Waals surface area contributed by atoms with E-state index in [0.29, 0.717) is 25.2 Å². The number of likely N-dealkylation sites (N-methyl/N-ethyl adjacent to an activating group) is 1. The largest absolute Gasteiger partial charge is 0.497 e. The van der Waals surface area contributed by atoms with Crippen molar-refractivity contribution < 1.29 is 17.9 Å². The third kappa shape index (κ3) is 5.64. The van der Waals surface area contributed by atoms with E-state index in [1.165, 1.54) is 10.4 Å². The molecule has 7 nitrogen and oxygen atoms in total. The molecular formula is C23H31N3O4S. The fourth-order valence-corrected chi connectivity index (χ4v) is 5.33. The van der Waals surface area contributed by atoms with Gasteiger partial charge in [-0.05, 0) is 62.8 Å². The van der Waals surface area contributed by atoms with E-state index in [4.69, 9.17) is 4.74 Å². The van der Waals surface area contributed by atoms with Gasteiger partial charge in [0.2, 0.25) is 10.0 Å². The van der Waals surface area contributed by atoms with Crippen molar-refractivity contribution in [2.45, 2.75) is 30.2 Å². The van der Waals surface area contributed by atoms with Crippen molar-refractivity contribution >= 4 is 15.9 Å². The van der Waals surface area contributed by atoms with Gasteiger partial charge in [0.05, 0.1) is 18.0 Å². The van der Waals surface area contributed by atoms with Gasteiger partial charge < -0.3 is 15.0 Å². The molecule has 1 N–H and O–H groups in total. The quantitative estimate of drug-likeness (QED) is 0.676. The second-order valence-electron chi connectivity index (χ2n) is 7.96. The van der Waals surface area contributed by atoms with Crippen LogP contribution in [0.5, 0.6) is 5.75 Å². The topological polar surface area (TPSA) is 78.9 Å². The minimum absolute atomic E-state index is 0.0323. The van der Waals surface area contributed by atoms with Gasteiger partial charge in [-0.15, -0.1) is 0 Å². The fourth-order valence-electron chi connectivity index (χ4n) is 3.77. The van der Waals surface area contributed by atoms with Gasteiger partial charge in [0.15, 0.2) is 0 Å². The zero-order valence-electron chi connectivity index (χ0n) is 18.4. The molecule has 168 valence electrons. The summed E-state index contributed by atoms with van der Waals surface area (Å²) >= 11 is 0. The number of carbonyl (C=O) groups is 1. The molecule has 1 unspecified atom stereocenters. The third-order valence-electron chi connectivity index (χ3n) is 5.63. The van der Waals surface area contributed by atoms with Gasteiger partial charge in [-0.2, -0.15) is 4.31 Å². The Hall–Kier alpha value is -2.42. The van der Waals surface area contributed by atoms with Crippen LogP contribution in [0.15, 0.2) is 53.4 Å². The number of rotatable bonds is 8. The van der Waals surface area contributed by atoms with Gasteiger partial charge in [-0.1, -0.05) is 24.6 Å². The number of piperidine rings is 1. The molecule has 8 heteroatoms. The number of hydrogen-bond donors (Lipinski definition) is 1. The molecule has 3 rings (SSSR count). The highest BCUT2D eigenvalue weighted by molar-refractivity contribution is 7.89. The number of hydrogen-bond acceptors (Lipinski definition) is 5. The Morgan fingerprint density at radius 2 is 1.77 bits per heavy atom. The average Bonchev–Trinajstić information content (AvgIpc) is 2.80. The van der Waals surface area contributed by atoms with E-state index in [-0.39, 0.29) is 16.8 Å². The average molecular weight is 446 g/mol. The summed E-state index contributed by atoms with van der Waals surface area (Å²) in [5, 5.41) is 2.95.